The van der Waals surface area contributed by atoms with Crippen molar-refractivity contribution in [3.05, 3.63) is 40.6 Å². The standard InChI is InChI=1S/C20H24ClN3O2/c1-2-23-11-4-3-5-17(23)20(25)24-12-10-18-16(13-24)19(22-26-18)14-6-8-15(21)9-7-14/h6-9,17H,2-5,10-13H2,1H3/t17-/m1/s1. The lowest BCUT2D eigenvalue weighted by molar-refractivity contribution is -0.139. The molecule has 4 rings (SSSR count). The minimum Gasteiger partial charge on any atom is -0.360 e. The lowest BCUT2D eigenvalue weighted by atomic mass is 9.98. The van der Waals surface area contributed by atoms with Crippen LogP contribution in [-0.2, 0) is 17.8 Å². The quantitative estimate of drug-likeness (QED) is 0.822. The Morgan fingerprint density at radius 2 is 2.08 bits per heavy atom. The van der Waals surface area contributed by atoms with Crippen LogP contribution in [0.1, 0.15) is 37.5 Å². The number of benzene rings is 1. The third-order valence-electron chi connectivity index (χ3n) is 5.56. The van der Waals surface area contributed by atoms with E-state index in [0.29, 0.717) is 18.1 Å². The Morgan fingerprint density at radius 1 is 1.27 bits per heavy atom. The van der Waals surface area contributed by atoms with Crippen LogP contribution in [0.2, 0.25) is 5.02 Å². The van der Waals surface area contributed by atoms with E-state index in [1.54, 1.807) is 0 Å². The van der Waals surface area contributed by atoms with Crippen LogP contribution in [0.4, 0.5) is 0 Å². The number of fused-ring (bicyclic) bond motifs is 1. The number of halogens is 1. The molecule has 26 heavy (non-hydrogen) atoms. The molecule has 1 aromatic heterocycles. The van der Waals surface area contributed by atoms with Gasteiger partial charge in [-0.3, -0.25) is 9.69 Å². The molecule has 1 atom stereocenters. The molecule has 0 saturated carbocycles. The molecule has 2 aromatic rings. The molecule has 5 nitrogen and oxygen atoms in total. The lowest BCUT2D eigenvalue weighted by Crippen LogP contribution is -2.51. The van der Waals surface area contributed by atoms with Crippen molar-refractivity contribution in [2.75, 3.05) is 19.6 Å². The van der Waals surface area contributed by atoms with E-state index in [0.717, 1.165) is 54.9 Å². The summed E-state index contributed by atoms with van der Waals surface area (Å²) in [5.74, 6) is 1.15. The van der Waals surface area contributed by atoms with Crippen LogP contribution in [0, 0.1) is 0 Å². The highest BCUT2D eigenvalue weighted by Gasteiger charge is 2.34. The van der Waals surface area contributed by atoms with Crippen LogP contribution in [0.5, 0.6) is 0 Å². The van der Waals surface area contributed by atoms with Crippen molar-refractivity contribution in [3.8, 4) is 11.3 Å². The maximum absolute atomic E-state index is 13.2. The van der Waals surface area contributed by atoms with E-state index in [4.69, 9.17) is 16.1 Å². The number of hydrogen-bond acceptors (Lipinski definition) is 4. The summed E-state index contributed by atoms with van der Waals surface area (Å²) >= 11 is 5.99. The number of likely N-dealkylation sites (tertiary alicyclic amines) is 1. The average Bonchev–Trinajstić information content (AvgIpc) is 3.11. The van der Waals surface area contributed by atoms with Crippen LogP contribution in [0.15, 0.2) is 28.8 Å². The average molecular weight is 374 g/mol. The van der Waals surface area contributed by atoms with Crippen molar-refractivity contribution >= 4 is 17.5 Å². The fourth-order valence-corrected chi connectivity index (χ4v) is 4.22. The first kappa shape index (κ1) is 17.6. The van der Waals surface area contributed by atoms with E-state index in [-0.39, 0.29) is 11.9 Å². The molecule has 1 saturated heterocycles. The molecule has 2 aliphatic rings. The molecule has 0 N–H and O–H groups in total. The van der Waals surface area contributed by atoms with Crippen molar-refractivity contribution in [3.63, 3.8) is 0 Å². The van der Waals surface area contributed by atoms with E-state index < -0.39 is 0 Å². The molecule has 138 valence electrons. The van der Waals surface area contributed by atoms with Gasteiger partial charge in [-0.2, -0.15) is 0 Å². The van der Waals surface area contributed by atoms with Gasteiger partial charge in [0.25, 0.3) is 0 Å². The number of aromatic nitrogens is 1. The van der Waals surface area contributed by atoms with Crippen molar-refractivity contribution in [2.24, 2.45) is 0 Å². The zero-order chi connectivity index (χ0) is 18.1. The first-order valence-electron chi connectivity index (χ1n) is 9.43. The highest BCUT2D eigenvalue weighted by atomic mass is 35.5. The second-order valence-electron chi connectivity index (χ2n) is 7.09. The SMILES string of the molecule is CCN1CCCC[C@@H]1C(=O)N1CCc2onc(-c3ccc(Cl)cc3)c2C1. The second-order valence-corrected chi connectivity index (χ2v) is 7.53. The molecule has 3 heterocycles. The van der Waals surface area contributed by atoms with Gasteiger partial charge in [-0.15, -0.1) is 0 Å². The van der Waals surface area contributed by atoms with E-state index in [1.807, 2.05) is 29.2 Å². The number of hydrogen-bond donors (Lipinski definition) is 0. The highest BCUT2D eigenvalue weighted by molar-refractivity contribution is 6.30. The van der Waals surface area contributed by atoms with Crippen molar-refractivity contribution in [1.29, 1.82) is 0 Å². The maximum Gasteiger partial charge on any atom is 0.240 e. The summed E-state index contributed by atoms with van der Waals surface area (Å²) in [6.45, 7) is 5.37. The van der Waals surface area contributed by atoms with Gasteiger partial charge in [0, 0.05) is 29.1 Å². The Hall–Kier alpha value is -1.85. The predicted molar refractivity (Wildman–Crippen MR) is 101 cm³/mol. The number of carbonyl (C=O) groups excluding carboxylic acids is 1. The normalized spacial score (nSPS) is 20.8. The molecule has 0 aliphatic carbocycles. The Kier molecular flexibility index (Phi) is 5.00. The van der Waals surface area contributed by atoms with E-state index in [1.165, 1.54) is 6.42 Å². The predicted octanol–water partition coefficient (Wildman–Crippen LogP) is 3.75. The zero-order valence-corrected chi connectivity index (χ0v) is 15.8. The van der Waals surface area contributed by atoms with Gasteiger partial charge >= 0.3 is 0 Å². The fourth-order valence-electron chi connectivity index (χ4n) is 4.09. The summed E-state index contributed by atoms with van der Waals surface area (Å²) in [5, 5.41) is 4.96. The van der Waals surface area contributed by atoms with Gasteiger partial charge in [0.05, 0.1) is 12.6 Å². The molecular weight excluding hydrogens is 350 g/mol. The molecule has 0 spiro atoms. The number of nitrogens with zero attached hydrogens (tertiary/aromatic N) is 3. The summed E-state index contributed by atoms with van der Waals surface area (Å²) in [4.78, 5) is 17.5. The molecule has 1 aromatic carbocycles. The fraction of sp³-hybridized carbons (Fsp3) is 0.500. The molecule has 2 aliphatic heterocycles. The maximum atomic E-state index is 13.2. The zero-order valence-electron chi connectivity index (χ0n) is 15.1. The van der Waals surface area contributed by atoms with Crippen LogP contribution in [-0.4, -0.2) is 46.5 Å². The summed E-state index contributed by atoms with van der Waals surface area (Å²) in [6, 6.07) is 7.62. The minimum absolute atomic E-state index is 0.0224. The number of carbonyl (C=O) groups is 1. The van der Waals surface area contributed by atoms with Gasteiger partial charge in [0.1, 0.15) is 11.5 Å². The Labute approximate surface area is 158 Å². The largest absolute Gasteiger partial charge is 0.360 e. The summed E-state index contributed by atoms with van der Waals surface area (Å²) in [6.07, 6.45) is 4.01. The second kappa shape index (κ2) is 7.41. The van der Waals surface area contributed by atoms with Crippen LogP contribution >= 0.6 is 11.6 Å². The molecule has 0 bridgehead atoms. The smallest absolute Gasteiger partial charge is 0.240 e. The monoisotopic (exact) mass is 373 g/mol. The first-order valence-corrected chi connectivity index (χ1v) is 9.81. The highest BCUT2D eigenvalue weighted by Crippen LogP contribution is 2.31. The summed E-state index contributed by atoms with van der Waals surface area (Å²) in [5.41, 5.74) is 2.83. The third kappa shape index (κ3) is 3.26. The minimum atomic E-state index is 0.0224. The Balaban J connectivity index is 1.56. The van der Waals surface area contributed by atoms with Gasteiger partial charge < -0.3 is 9.42 Å². The molecular formula is C20H24ClN3O2. The van der Waals surface area contributed by atoms with Crippen LogP contribution < -0.4 is 0 Å². The van der Waals surface area contributed by atoms with E-state index >= 15 is 0 Å². The van der Waals surface area contributed by atoms with Crippen molar-refractivity contribution < 1.29 is 9.32 Å². The number of likely N-dealkylation sites (N-methyl/N-ethyl adjacent to an activating group) is 1. The van der Waals surface area contributed by atoms with Gasteiger partial charge in [0.2, 0.25) is 5.91 Å². The molecule has 6 heteroatoms. The molecule has 1 fully saturated rings. The van der Waals surface area contributed by atoms with Crippen LogP contribution in [0.3, 0.4) is 0 Å². The third-order valence-corrected chi connectivity index (χ3v) is 5.81. The van der Waals surface area contributed by atoms with Crippen molar-refractivity contribution in [1.82, 2.24) is 15.0 Å². The summed E-state index contributed by atoms with van der Waals surface area (Å²) < 4.78 is 5.56. The van der Waals surface area contributed by atoms with Gasteiger partial charge in [-0.05, 0) is 38.1 Å². The van der Waals surface area contributed by atoms with Gasteiger partial charge in [-0.25, -0.2) is 0 Å². The number of amides is 1. The molecule has 0 unspecified atom stereocenters. The topological polar surface area (TPSA) is 49.6 Å². The first-order chi connectivity index (χ1) is 12.7. The lowest BCUT2D eigenvalue weighted by Gasteiger charge is -2.38. The van der Waals surface area contributed by atoms with Gasteiger partial charge in [-0.1, -0.05) is 42.2 Å². The van der Waals surface area contributed by atoms with Crippen LogP contribution in [0.25, 0.3) is 11.3 Å². The Bertz CT molecular complexity index is 787. The van der Waals surface area contributed by atoms with Crippen molar-refractivity contribution in [2.45, 2.75) is 45.2 Å². The number of piperidine rings is 1. The number of rotatable bonds is 3. The molecule has 1 amide bonds. The molecule has 0 radical (unpaired) electrons. The summed E-state index contributed by atoms with van der Waals surface area (Å²) in [7, 11) is 0. The Morgan fingerprint density at radius 3 is 2.85 bits per heavy atom. The van der Waals surface area contributed by atoms with Gasteiger partial charge in [0.15, 0.2) is 0 Å². The van der Waals surface area contributed by atoms with E-state index in [9.17, 15) is 4.79 Å². The van der Waals surface area contributed by atoms with E-state index in [2.05, 4.69) is 17.0 Å².